The van der Waals surface area contributed by atoms with Gasteiger partial charge in [0.15, 0.2) is 0 Å². The topological polar surface area (TPSA) is 41.5 Å². The summed E-state index contributed by atoms with van der Waals surface area (Å²) >= 11 is 0. The van der Waals surface area contributed by atoms with Gasteiger partial charge in [0.25, 0.3) is 0 Å². The largest absolute Gasteiger partial charge is 0.487 e. The first kappa shape index (κ1) is 14.8. The molecule has 5 nitrogen and oxygen atoms in total. The number of anilines is 1. The SMILES string of the molecule is CN(C)CCN(C)c1ncnc2c1Cc1ccccc1OC2. The first-order valence-corrected chi connectivity index (χ1v) is 7.54. The van der Waals surface area contributed by atoms with Crippen LogP contribution in [0.2, 0.25) is 0 Å². The fourth-order valence-corrected chi connectivity index (χ4v) is 2.66. The number of likely N-dealkylation sites (N-methyl/N-ethyl adjacent to an activating group) is 2. The zero-order chi connectivity index (χ0) is 15.5. The van der Waals surface area contributed by atoms with Crippen LogP contribution in [0.5, 0.6) is 5.75 Å². The number of rotatable bonds is 4. The van der Waals surface area contributed by atoms with E-state index in [1.165, 1.54) is 11.1 Å². The van der Waals surface area contributed by atoms with Gasteiger partial charge in [-0.25, -0.2) is 9.97 Å². The number of hydrogen-bond acceptors (Lipinski definition) is 5. The average Bonchev–Trinajstić information content (AvgIpc) is 2.71. The zero-order valence-corrected chi connectivity index (χ0v) is 13.4. The van der Waals surface area contributed by atoms with Gasteiger partial charge in [0.05, 0.1) is 5.69 Å². The van der Waals surface area contributed by atoms with Crippen LogP contribution in [0.1, 0.15) is 16.8 Å². The molecule has 2 aromatic rings. The molecule has 0 radical (unpaired) electrons. The van der Waals surface area contributed by atoms with Crippen LogP contribution in [-0.2, 0) is 13.0 Å². The van der Waals surface area contributed by atoms with E-state index in [2.05, 4.69) is 47.0 Å². The number of para-hydroxylation sites is 1. The van der Waals surface area contributed by atoms with E-state index in [1.54, 1.807) is 6.33 Å². The molecular weight excluding hydrogens is 276 g/mol. The van der Waals surface area contributed by atoms with E-state index in [9.17, 15) is 0 Å². The lowest BCUT2D eigenvalue weighted by atomic mass is 10.0. The molecule has 0 bridgehead atoms. The zero-order valence-electron chi connectivity index (χ0n) is 13.4. The van der Waals surface area contributed by atoms with Crippen molar-refractivity contribution in [2.45, 2.75) is 13.0 Å². The van der Waals surface area contributed by atoms with Crippen LogP contribution < -0.4 is 9.64 Å². The summed E-state index contributed by atoms with van der Waals surface area (Å²) in [5.74, 6) is 1.95. The highest BCUT2D eigenvalue weighted by molar-refractivity contribution is 5.53. The lowest BCUT2D eigenvalue weighted by molar-refractivity contribution is 0.302. The van der Waals surface area contributed by atoms with Crippen molar-refractivity contribution in [3.8, 4) is 5.75 Å². The summed E-state index contributed by atoms with van der Waals surface area (Å²) in [5, 5.41) is 0. The van der Waals surface area contributed by atoms with Crippen LogP contribution in [0.3, 0.4) is 0 Å². The molecule has 1 aromatic carbocycles. The molecular formula is C17H22N4O. The summed E-state index contributed by atoms with van der Waals surface area (Å²) < 4.78 is 5.89. The van der Waals surface area contributed by atoms with Gasteiger partial charge in [0.1, 0.15) is 24.5 Å². The van der Waals surface area contributed by atoms with Crippen molar-refractivity contribution in [3.05, 3.63) is 47.4 Å². The minimum atomic E-state index is 0.503. The molecule has 1 aromatic heterocycles. The summed E-state index contributed by atoms with van der Waals surface area (Å²) in [6.45, 7) is 2.42. The second-order valence-corrected chi connectivity index (χ2v) is 5.92. The molecule has 0 saturated heterocycles. The lowest BCUT2D eigenvalue weighted by Gasteiger charge is -2.23. The Bertz CT molecular complexity index is 657. The second-order valence-electron chi connectivity index (χ2n) is 5.92. The van der Waals surface area contributed by atoms with Crippen molar-refractivity contribution >= 4 is 5.82 Å². The van der Waals surface area contributed by atoms with E-state index in [0.717, 1.165) is 36.8 Å². The third kappa shape index (κ3) is 3.04. The molecule has 0 unspecified atom stereocenters. The summed E-state index contributed by atoms with van der Waals surface area (Å²) in [6.07, 6.45) is 2.45. The minimum Gasteiger partial charge on any atom is -0.487 e. The maximum absolute atomic E-state index is 5.89. The van der Waals surface area contributed by atoms with Crippen molar-refractivity contribution in [2.75, 3.05) is 39.1 Å². The Labute approximate surface area is 131 Å². The number of nitrogens with zero attached hydrogens (tertiary/aromatic N) is 4. The van der Waals surface area contributed by atoms with Crippen LogP contribution in [0, 0.1) is 0 Å². The summed E-state index contributed by atoms with van der Waals surface area (Å²) in [6, 6.07) is 8.18. The molecule has 0 spiro atoms. The Balaban J connectivity index is 1.92. The normalized spacial score (nSPS) is 13.1. The molecule has 5 heteroatoms. The number of aromatic nitrogens is 2. The molecule has 0 saturated carbocycles. The lowest BCUT2D eigenvalue weighted by Crippen LogP contribution is -2.30. The van der Waals surface area contributed by atoms with Crippen LogP contribution in [0.15, 0.2) is 30.6 Å². The molecule has 1 aliphatic rings. The number of hydrogen-bond donors (Lipinski definition) is 0. The van der Waals surface area contributed by atoms with Gasteiger partial charge in [-0.3, -0.25) is 0 Å². The fourth-order valence-electron chi connectivity index (χ4n) is 2.66. The van der Waals surface area contributed by atoms with E-state index in [-0.39, 0.29) is 0 Å². The van der Waals surface area contributed by atoms with Crippen molar-refractivity contribution < 1.29 is 4.74 Å². The van der Waals surface area contributed by atoms with Crippen molar-refractivity contribution in [2.24, 2.45) is 0 Å². The molecule has 0 fully saturated rings. The first-order chi connectivity index (χ1) is 10.6. The molecule has 3 rings (SSSR count). The minimum absolute atomic E-state index is 0.503. The highest BCUT2D eigenvalue weighted by atomic mass is 16.5. The third-order valence-electron chi connectivity index (χ3n) is 3.96. The van der Waals surface area contributed by atoms with Crippen molar-refractivity contribution in [1.29, 1.82) is 0 Å². The van der Waals surface area contributed by atoms with Crippen molar-refractivity contribution in [1.82, 2.24) is 14.9 Å². The van der Waals surface area contributed by atoms with E-state index in [1.807, 2.05) is 18.2 Å². The Morgan fingerprint density at radius 3 is 2.73 bits per heavy atom. The molecule has 0 aliphatic carbocycles. The van der Waals surface area contributed by atoms with Gasteiger partial charge in [-0.15, -0.1) is 0 Å². The highest BCUT2D eigenvalue weighted by Gasteiger charge is 2.20. The van der Waals surface area contributed by atoms with E-state index in [0.29, 0.717) is 6.61 Å². The van der Waals surface area contributed by atoms with E-state index < -0.39 is 0 Å². The maximum Gasteiger partial charge on any atom is 0.135 e. The van der Waals surface area contributed by atoms with Crippen LogP contribution >= 0.6 is 0 Å². The second kappa shape index (κ2) is 6.32. The van der Waals surface area contributed by atoms with Gasteiger partial charge in [-0.05, 0) is 25.7 Å². The quantitative estimate of drug-likeness (QED) is 0.863. The average molecular weight is 298 g/mol. The summed E-state index contributed by atoms with van der Waals surface area (Å²) in [4.78, 5) is 13.3. The molecule has 0 atom stereocenters. The van der Waals surface area contributed by atoms with Crippen LogP contribution in [-0.4, -0.2) is 49.1 Å². The van der Waals surface area contributed by atoms with Crippen LogP contribution in [0.4, 0.5) is 5.82 Å². The van der Waals surface area contributed by atoms with Gasteiger partial charge in [-0.2, -0.15) is 0 Å². The van der Waals surface area contributed by atoms with Crippen LogP contribution in [0.25, 0.3) is 0 Å². The Morgan fingerprint density at radius 1 is 1.09 bits per heavy atom. The van der Waals surface area contributed by atoms with Gasteiger partial charge >= 0.3 is 0 Å². The fraction of sp³-hybridized carbons (Fsp3) is 0.412. The standard InChI is InChI=1S/C17H22N4O/c1-20(2)8-9-21(3)17-14-10-13-6-4-5-7-16(13)22-11-15(14)18-12-19-17/h4-7,12H,8-11H2,1-3H3. The molecule has 0 amide bonds. The number of ether oxygens (including phenoxy) is 1. The molecule has 0 N–H and O–H groups in total. The monoisotopic (exact) mass is 298 g/mol. The van der Waals surface area contributed by atoms with Crippen molar-refractivity contribution in [3.63, 3.8) is 0 Å². The predicted molar refractivity (Wildman–Crippen MR) is 87.4 cm³/mol. The van der Waals surface area contributed by atoms with Gasteiger partial charge in [-0.1, -0.05) is 18.2 Å². The Morgan fingerprint density at radius 2 is 1.91 bits per heavy atom. The van der Waals surface area contributed by atoms with Gasteiger partial charge < -0.3 is 14.5 Å². The van der Waals surface area contributed by atoms with Gasteiger partial charge in [0.2, 0.25) is 0 Å². The summed E-state index contributed by atoms with van der Waals surface area (Å²) in [7, 11) is 6.25. The Hall–Kier alpha value is -2.14. The smallest absolute Gasteiger partial charge is 0.135 e. The van der Waals surface area contributed by atoms with Gasteiger partial charge in [0, 0.05) is 32.1 Å². The molecule has 116 valence electrons. The number of fused-ring (bicyclic) bond motifs is 2. The Kier molecular flexibility index (Phi) is 4.24. The third-order valence-corrected chi connectivity index (χ3v) is 3.96. The number of benzene rings is 1. The summed E-state index contributed by atoms with van der Waals surface area (Å²) in [5.41, 5.74) is 3.35. The molecule has 1 aliphatic heterocycles. The molecule has 2 heterocycles. The van der Waals surface area contributed by atoms with E-state index in [4.69, 9.17) is 4.74 Å². The predicted octanol–water partition coefficient (Wildman–Crippen LogP) is 1.96. The molecule has 22 heavy (non-hydrogen) atoms. The van der Waals surface area contributed by atoms with E-state index >= 15 is 0 Å². The first-order valence-electron chi connectivity index (χ1n) is 7.54. The maximum atomic E-state index is 5.89. The highest BCUT2D eigenvalue weighted by Crippen LogP contribution is 2.31.